The number of hydrogen-bond donors (Lipinski definition) is 1. The molecule has 40 heavy (non-hydrogen) atoms. The summed E-state index contributed by atoms with van der Waals surface area (Å²) in [5.74, 6) is -0.0534. The van der Waals surface area contributed by atoms with E-state index in [4.69, 9.17) is 4.99 Å². The molecule has 0 spiro atoms. The molecule has 4 aromatic rings. The lowest BCUT2D eigenvalue weighted by Crippen LogP contribution is -2.44. The van der Waals surface area contributed by atoms with Crippen LogP contribution in [0.1, 0.15) is 29.7 Å². The molecule has 0 saturated carbocycles. The number of nitrogens with zero attached hydrogens (tertiary/aromatic N) is 5. The summed E-state index contributed by atoms with van der Waals surface area (Å²) in [6.45, 7) is 0.262. The van der Waals surface area contributed by atoms with Crippen molar-refractivity contribution in [2.75, 3.05) is 0 Å². The van der Waals surface area contributed by atoms with Crippen molar-refractivity contribution in [3.63, 3.8) is 0 Å². The summed E-state index contributed by atoms with van der Waals surface area (Å²) in [6.07, 6.45) is 2.00. The van der Waals surface area contributed by atoms with Gasteiger partial charge in [0, 0.05) is 36.5 Å². The average Bonchev–Trinajstić information content (AvgIpc) is 3.30. The summed E-state index contributed by atoms with van der Waals surface area (Å²) in [6, 6.07) is 19.5. The quantitative estimate of drug-likeness (QED) is 0.372. The number of halogens is 1. The first-order valence-electron chi connectivity index (χ1n) is 12.7. The van der Waals surface area contributed by atoms with Crippen molar-refractivity contribution in [1.29, 1.82) is 0 Å². The van der Waals surface area contributed by atoms with E-state index < -0.39 is 6.04 Å². The molecule has 1 N–H and O–H groups in total. The van der Waals surface area contributed by atoms with E-state index in [-0.39, 0.29) is 42.6 Å². The summed E-state index contributed by atoms with van der Waals surface area (Å²) in [5.41, 5.74) is 3.16. The van der Waals surface area contributed by atoms with Crippen molar-refractivity contribution in [3.05, 3.63) is 112 Å². The SMILES string of the molecule is O=C(CCC1C(=O)N=C2c3ccccc3N=C(SCc3cc(=O)n4ccccc4n3)N21)NCc1ccc(F)cc1. The average molecular weight is 555 g/mol. The molecule has 0 aliphatic carbocycles. The van der Waals surface area contributed by atoms with Crippen LogP contribution in [0.4, 0.5) is 10.1 Å². The lowest BCUT2D eigenvalue weighted by molar-refractivity contribution is -0.122. The minimum Gasteiger partial charge on any atom is -0.352 e. The van der Waals surface area contributed by atoms with Gasteiger partial charge in [0.15, 0.2) is 5.17 Å². The highest BCUT2D eigenvalue weighted by Gasteiger charge is 2.41. The number of aliphatic imine (C=N–C) groups is 2. The molecule has 6 rings (SSSR count). The van der Waals surface area contributed by atoms with Crippen LogP contribution in [-0.2, 0) is 21.9 Å². The van der Waals surface area contributed by atoms with E-state index in [1.807, 2.05) is 30.3 Å². The number of rotatable bonds is 7. The van der Waals surface area contributed by atoms with Gasteiger partial charge in [-0.3, -0.25) is 23.7 Å². The number of para-hydroxylation sites is 1. The predicted molar refractivity (Wildman–Crippen MR) is 151 cm³/mol. The molecule has 4 heterocycles. The number of amides is 2. The second kappa shape index (κ2) is 10.9. The van der Waals surface area contributed by atoms with Gasteiger partial charge < -0.3 is 5.32 Å². The molecule has 0 bridgehead atoms. The Labute approximate surface area is 232 Å². The Kier molecular flexibility index (Phi) is 6.95. The van der Waals surface area contributed by atoms with Crippen molar-refractivity contribution in [1.82, 2.24) is 19.6 Å². The zero-order valence-corrected chi connectivity index (χ0v) is 22.0. The number of carbonyl (C=O) groups excluding carboxylic acids is 2. The number of nitrogens with one attached hydrogen (secondary N) is 1. The number of carbonyl (C=O) groups is 2. The molecule has 1 atom stereocenters. The molecule has 1 unspecified atom stereocenters. The number of thioether (sulfide) groups is 1. The lowest BCUT2D eigenvalue weighted by Gasteiger charge is -2.31. The summed E-state index contributed by atoms with van der Waals surface area (Å²) in [7, 11) is 0. The minimum absolute atomic E-state index is 0.0967. The highest BCUT2D eigenvalue weighted by molar-refractivity contribution is 8.13. The molecule has 2 aliphatic rings. The zero-order valence-electron chi connectivity index (χ0n) is 21.2. The van der Waals surface area contributed by atoms with Gasteiger partial charge in [-0.25, -0.2) is 14.4 Å². The van der Waals surface area contributed by atoms with E-state index in [1.54, 1.807) is 35.4 Å². The fourth-order valence-corrected chi connectivity index (χ4v) is 5.59. The van der Waals surface area contributed by atoms with Crippen LogP contribution in [-0.4, -0.2) is 43.1 Å². The summed E-state index contributed by atoms with van der Waals surface area (Å²) in [5, 5.41) is 3.37. The Bertz CT molecular complexity index is 1750. The van der Waals surface area contributed by atoms with Gasteiger partial charge in [0.2, 0.25) is 5.91 Å². The van der Waals surface area contributed by atoms with Gasteiger partial charge in [-0.1, -0.05) is 42.1 Å². The van der Waals surface area contributed by atoms with Crippen LogP contribution in [0, 0.1) is 5.82 Å². The maximum Gasteiger partial charge on any atom is 0.270 e. The number of hydrogen-bond acceptors (Lipinski definition) is 7. The van der Waals surface area contributed by atoms with E-state index in [9.17, 15) is 18.8 Å². The highest BCUT2D eigenvalue weighted by atomic mass is 32.2. The Morgan fingerprint density at radius 1 is 1.00 bits per heavy atom. The molecule has 0 saturated heterocycles. The normalized spacial score (nSPS) is 15.9. The molecular weight excluding hydrogens is 531 g/mol. The van der Waals surface area contributed by atoms with Crippen molar-refractivity contribution in [2.45, 2.75) is 31.2 Å². The molecule has 2 amide bonds. The van der Waals surface area contributed by atoms with Crippen LogP contribution >= 0.6 is 11.8 Å². The minimum atomic E-state index is -0.693. The first kappa shape index (κ1) is 25.6. The monoisotopic (exact) mass is 554 g/mol. The molecule has 2 aromatic heterocycles. The number of pyridine rings is 1. The molecule has 200 valence electrons. The molecule has 11 heteroatoms. The van der Waals surface area contributed by atoms with Crippen molar-refractivity contribution < 1.29 is 14.0 Å². The van der Waals surface area contributed by atoms with Gasteiger partial charge in [-0.05, 0) is 48.4 Å². The van der Waals surface area contributed by atoms with E-state index in [0.29, 0.717) is 33.8 Å². The van der Waals surface area contributed by atoms with E-state index >= 15 is 0 Å². The Hall–Kier alpha value is -4.64. The maximum atomic E-state index is 13.1. The van der Waals surface area contributed by atoms with Crippen LogP contribution < -0.4 is 10.9 Å². The fraction of sp³-hybridized carbons (Fsp3) is 0.172. The van der Waals surface area contributed by atoms with Crippen LogP contribution in [0.15, 0.2) is 93.8 Å². The van der Waals surface area contributed by atoms with Crippen molar-refractivity contribution in [3.8, 4) is 0 Å². The predicted octanol–water partition coefficient (Wildman–Crippen LogP) is 3.82. The van der Waals surface area contributed by atoms with Gasteiger partial charge in [-0.2, -0.15) is 4.99 Å². The van der Waals surface area contributed by atoms with Gasteiger partial charge in [0.05, 0.1) is 11.4 Å². The molecule has 2 aliphatic heterocycles. The number of benzene rings is 2. The van der Waals surface area contributed by atoms with Crippen molar-refractivity contribution in [2.24, 2.45) is 9.98 Å². The topological polar surface area (TPSA) is 108 Å². The first-order chi connectivity index (χ1) is 19.5. The lowest BCUT2D eigenvalue weighted by atomic mass is 10.1. The van der Waals surface area contributed by atoms with Crippen LogP contribution in [0.5, 0.6) is 0 Å². The van der Waals surface area contributed by atoms with Crippen LogP contribution in [0.2, 0.25) is 0 Å². The molecular formula is C29H23FN6O3S. The van der Waals surface area contributed by atoms with Gasteiger partial charge in [0.25, 0.3) is 11.5 Å². The Morgan fingerprint density at radius 3 is 2.65 bits per heavy atom. The fourth-order valence-electron chi connectivity index (χ4n) is 4.65. The number of aromatic nitrogens is 2. The Morgan fingerprint density at radius 2 is 1.80 bits per heavy atom. The zero-order chi connectivity index (χ0) is 27.6. The third-order valence-electron chi connectivity index (χ3n) is 6.63. The second-order valence-corrected chi connectivity index (χ2v) is 10.3. The van der Waals surface area contributed by atoms with E-state index in [2.05, 4.69) is 15.3 Å². The second-order valence-electron chi connectivity index (χ2n) is 9.32. The van der Waals surface area contributed by atoms with E-state index in [1.165, 1.54) is 34.4 Å². The number of amidine groups is 2. The third-order valence-corrected chi connectivity index (χ3v) is 7.62. The third kappa shape index (κ3) is 5.15. The smallest absolute Gasteiger partial charge is 0.270 e. The van der Waals surface area contributed by atoms with Gasteiger partial charge in [0.1, 0.15) is 23.3 Å². The van der Waals surface area contributed by atoms with Crippen LogP contribution in [0.3, 0.4) is 0 Å². The molecule has 0 fully saturated rings. The summed E-state index contributed by atoms with van der Waals surface area (Å²) < 4.78 is 14.6. The Balaban J connectivity index is 1.19. The highest BCUT2D eigenvalue weighted by Crippen LogP contribution is 2.35. The van der Waals surface area contributed by atoms with Crippen LogP contribution in [0.25, 0.3) is 5.65 Å². The van der Waals surface area contributed by atoms with Gasteiger partial charge in [-0.15, -0.1) is 0 Å². The van der Waals surface area contributed by atoms with Crippen molar-refractivity contribution >= 4 is 45.9 Å². The van der Waals surface area contributed by atoms with E-state index in [0.717, 1.165) is 11.1 Å². The summed E-state index contributed by atoms with van der Waals surface area (Å²) in [4.78, 5) is 53.8. The number of fused-ring (bicyclic) bond motifs is 4. The largest absolute Gasteiger partial charge is 0.352 e. The van der Waals surface area contributed by atoms with Gasteiger partial charge >= 0.3 is 0 Å². The maximum absolute atomic E-state index is 13.1. The standard InChI is InChI=1S/C29H23FN6O3S/c30-19-10-8-18(9-11-19)16-31-25(37)13-12-23-28(39)34-27-21-5-1-2-6-22(21)33-29(36(23)27)40-17-20-15-26(38)35-14-4-3-7-24(35)32-20/h1-11,14-15,23H,12-13,16-17H2,(H,31,37). The molecule has 2 aromatic carbocycles. The summed E-state index contributed by atoms with van der Waals surface area (Å²) >= 11 is 1.36. The molecule has 9 nitrogen and oxygen atoms in total. The first-order valence-corrected chi connectivity index (χ1v) is 13.7. The molecule has 0 radical (unpaired) electrons.